The number of hydrogen-bond acceptors (Lipinski definition) is 7. The summed E-state index contributed by atoms with van der Waals surface area (Å²) in [6.07, 6.45) is 2.52. The van der Waals surface area contributed by atoms with Gasteiger partial charge in [0.2, 0.25) is 0 Å². The van der Waals surface area contributed by atoms with Crippen molar-refractivity contribution in [1.29, 1.82) is 0 Å². The number of ether oxygens (including phenoxy) is 3. The van der Waals surface area contributed by atoms with E-state index in [2.05, 4.69) is 36.3 Å². The Hall–Kier alpha value is -3.13. The summed E-state index contributed by atoms with van der Waals surface area (Å²) in [6, 6.07) is 10.7. The minimum Gasteiger partial charge on any atom is -0.503 e. The molecule has 0 spiro atoms. The number of aromatic nitrogens is 1. The van der Waals surface area contributed by atoms with E-state index in [-0.39, 0.29) is 35.5 Å². The number of nitrogens with zero attached hydrogens (tertiary/aromatic N) is 1. The van der Waals surface area contributed by atoms with Crippen LogP contribution in [0.25, 0.3) is 0 Å². The lowest BCUT2D eigenvalue weighted by Gasteiger charge is -2.33. The first-order valence-electron chi connectivity index (χ1n) is 11.1. The highest BCUT2D eigenvalue weighted by molar-refractivity contribution is 5.98. The number of benzene rings is 1. The first-order chi connectivity index (χ1) is 15.7. The summed E-state index contributed by atoms with van der Waals surface area (Å²) in [5.41, 5.74) is 0.877. The Balaban J connectivity index is 1.69. The number of cyclic esters (lactones) is 1. The number of esters is 1. The minimum absolute atomic E-state index is 0.0309. The lowest BCUT2D eigenvalue weighted by molar-refractivity contribution is -0.153. The zero-order chi connectivity index (χ0) is 24.0. The van der Waals surface area contributed by atoms with E-state index in [1.165, 1.54) is 24.9 Å². The molecule has 8 nitrogen and oxygen atoms in total. The highest BCUT2D eigenvalue weighted by atomic mass is 16.6. The number of methoxy groups -OCH3 is 1. The van der Waals surface area contributed by atoms with Crippen LogP contribution >= 0.6 is 0 Å². The van der Waals surface area contributed by atoms with E-state index in [1.807, 2.05) is 25.1 Å². The molecule has 2 N–H and O–H groups in total. The Morgan fingerprint density at radius 1 is 1.27 bits per heavy atom. The van der Waals surface area contributed by atoms with Gasteiger partial charge >= 0.3 is 5.97 Å². The summed E-state index contributed by atoms with van der Waals surface area (Å²) in [4.78, 5) is 29.4. The number of nitrogens with one attached hydrogen (secondary N) is 1. The molecule has 1 aromatic carbocycles. The second kappa shape index (κ2) is 10.7. The molecule has 178 valence electrons. The van der Waals surface area contributed by atoms with Gasteiger partial charge in [-0.05, 0) is 36.7 Å². The number of rotatable bonds is 6. The van der Waals surface area contributed by atoms with Crippen LogP contribution in [0.2, 0.25) is 0 Å². The van der Waals surface area contributed by atoms with E-state index < -0.39 is 23.7 Å². The fourth-order valence-electron chi connectivity index (χ4n) is 4.13. The molecule has 8 heteroatoms. The quantitative estimate of drug-likeness (QED) is 0.643. The molecule has 3 rings (SSSR count). The molecular formula is C25H32N2O6. The monoisotopic (exact) mass is 456 g/mol. The largest absolute Gasteiger partial charge is 0.503 e. The van der Waals surface area contributed by atoms with Gasteiger partial charge in [0, 0.05) is 18.9 Å². The van der Waals surface area contributed by atoms with Crippen LogP contribution in [0.1, 0.15) is 49.7 Å². The normalized spacial score (nSPS) is 21.8. The van der Waals surface area contributed by atoms with Crippen LogP contribution in [0.4, 0.5) is 0 Å². The summed E-state index contributed by atoms with van der Waals surface area (Å²) < 4.78 is 16.5. The van der Waals surface area contributed by atoms with Crippen molar-refractivity contribution in [3.8, 4) is 11.5 Å². The molecule has 1 aromatic heterocycles. The Kier molecular flexibility index (Phi) is 7.92. The molecule has 1 fully saturated rings. The van der Waals surface area contributed by atoms with Crippen molar-refractivity contribution in [3.63, 3.8) is 0 Å². The number of pyridine rings is 1. The maximum Gasteiger partial charge on any atom is 0.331 e. The maximum atomic E-state index is 12.9. The standard InChI is InChI=1S/C25H32N2O6/c1-16-17(14-25(2,3)18-8-6-5-7-9-18)11-13-32-15-19(24(30)33-16)27-23(29)21-22(28)20(31-4)10-12-26-21/h5-10,12,16-17,19,28H,11,13-15H2,1-4H3,(H,27,29)/t16-,17-,19-/m0/s1. The van der Waals surface area contributed by atoms with Gasteiger partial charge < -0.3 is 24.6 Å². The SMILES string of the molecule is COc1ccnc(C(=O)N[C@H]2COCC[C@@H](CC(C)(C)c3ccccc3)[C@H](C)OC2=O)c1O. The molecule has 2 heterocycles. The van der Waals surface area contributed by atoms with Crippen molar-refractivity contribution < 1.29 is 28.9 Å². The molecule has 1 aliphatic rings. The van der Waals surface area contributed by atoms with Crippen LogP contribution in [0.5, 0.6) is 11.5 Å². The van der Waals surface area contributed by atoms with Crippen LogP contribution in [0.3, 0.4) is 0 Å². The number of carbonyl (C=O) groups is 2. The lowest BCUT2D eigenvalue weighted by Crippen LogP contribution is -2.46. The van der Waals surface area contributed by atoms with Crippen molar-refractivity contribution in [1.82, 2.24) is 10.3 Å². The summed E-state index contributed by atoms with van der Waals surface area (Å²) in [5, 5.41) is 12.7. The van der Waals surface area contributed by atoms with E-state index >= 15 is 0 Å². The molecule has 0 aliphatic carbocycles. The fraction of sp³-hybridized carbons (Fsp3) is 0.480. The van der Waals surface area contributed by atoms with Crippen LogP contribution < -0.4 is 10.1 Å². The second-order valence-corrected chi connectivity index (χ2v) is 8.96. The first kappa shape index (κ1) is 24.5. The van der Waals surface area contributed by atoms with Crippen molar-refractivity contribution >= 4 is 11.9 Å². The van der Waals surface area contributed by atoms with Crippen LogP contribution in [0.15, 0.2) is 42.6 Å². The second-order valence-electron chi connectivity index (χ2n) is 8.96. The Bertz CT molecular complexity index is 963. The third kappa shape index (κ3) is 6.01. The van der Waals surface area contributed by atoms with Gasteiger partial charge in [0.25, 0.3) is 5.91 Å². The number of amides is 1. The van der Waals surface area contributed by atoms with E-state index in [0.717, 1.165) is 12.8 Å². The molecule has 1 amide bonds. The first-order valence-corrected chi connectivity index (χ1v) is 11.1. The molecule has 0 saturated carbocycles. The molecule has 3 atom stereocenters. The zero-order valence-corrected chi connectivity index (χ0v) is 19.5. The van der Waals surface area contributed by atoms with Crippen LogP contribution in [0, 0.1) is 5.92 Å². The number of carbonyl (C=O) groups excluding carboxylic acids is 2. The molecule has 2 aromatic rings. The van der Waals surface area contributed by atoms with Gasteiger partial charge in [0.1, 0.15) is 6.10 Å². The van der Waals surface area contributed by atoms with E-state index in [1.54, 1.807) is 0 Å². The van der Waals surface area contributed by atoms with Gasteiger partial charge in [0.05, 0.1) is 13.7 Å². The highest BCUT2D eigenvalue weighted by Gasteiger charge is 2.34. The van der Waals surface area contributed by atoms with Crippen LogP contribution in [-0.4, -0.2) is 54.4 Å². The molecule has 33 heavy (non-hydrogen) atoms. The number of aromatic hydroxyl groups is 1. The Morgan fingerprint density at radius 2 is 2.00 bits per heavy atom. The van der Waals surface area contributed by atoms with Gasteiger partial charge in [-0.1, -0.05) is 44.2 Å². The third-order valence-corrected chi connectivity index (χ3v) is 6.12. The minimum atomic E-state index is -1.02. The summed E-state index contributed by atoms with van der Waals surface area (Å²) >= 11 is 0. The molecule has 0 unspecified atom stereocenters. The van der Waals surface area contributed by atoms with Gasteiger partial charge in [-0.15, -0.1) is 0 Å². The van der Waals surface area contributed by atoms with Crippen LogP contribution in [-0.2, 0) is 19.7 Å². The van der Waals surface area contributed by atoms with Crippen molar-refractivity contribution in [2.24, 2.45) is 5.92 Å². The summed E-state index contributed by atoms with van der Waals surface area (Å²) in [5.74, 6) is -1.50. The number of hydrogen-bond donors (Lipinski definition) is 2. The summed E-state index contributed by atoms with van der Waals surface area (Å²) in [7, 11) is 1.37. The predicted molar refractivity (Wildman–Crippen MR) is 122 cm³/mol. The average molecular weight is 457 g/mol. The molecule has 0 bridgehead atoms. The molecular weight excluding hydrogens is 424 g/mol. The zero-order valence-electron chi connectivity index (χ0n) is 19.5. The van der Waals surface area contributed by atoms with E-state index in [9.17, 15) is 14.7 Å². The maximum absolute atomic E-state index is 12.9. The van der Waals surface area contributed by atoms with E-state index in [4.69, 9.17) is 14.2 Å². The van der Waals surface area contributed by atoms with Crippen molar-refractivity contribution in [2.45, 2.75) is 51.2 Å². The smallest absolute Gasteiger partial charge is 0.331 e. The van der Waals surface area contributed by atoms with E-state index in [0.29, 0.717) is 6.61 Å². The van der Waals surface area contributed by atoms with Gasteiger partial charge in [-0.25, -0.2) is 9.78 Å². The topological polar surface area (TPSA) is 107 Å². The average Bonchev–Trinajstić information content (AvgIpc) is 2.85. The Morgan fingerprint density at radius 3 is 2.70 bits per heavy atom. The Labute approximate surface area is 194 Å². The highest BCUT2D eigenvalue weighted by Crippen LogP contribution is 2.34. The van der Waals surface area contributed by atoms with Gasteiger partial charge in [0.15, 0.2) is 23.2 Å². The van der Waals surface area contributed by atoms with Crippen molar-refractivity contribution in [2.75, 3.05) is 20.3 Å². The molecule has 1 aliphatic heterocycles. The van der Waals surface area contributed by atoms with Gasteiger partial charge in [-0.3, -0.25) is 4.79 Å². The van der Waals surface area contributed by atoms with Crippen molar-refractivity contribution in [3.05, 3.63) is 53.9 Å². The lowest BCUT2D eigenvalue weighted by atomic mass is 9.75. The third-order valence-electron chi connectivity index (χ3n) is 6.12. The fourth-order valence-corrected chi connectivity index (χ4v) is 4.13. The molecule has 1 saturated heterocycles. The molecule has 0 radical (unpaired) electrons. The van der Waals surface area contributed by atoms with Gasteiger partial charge in [-0.2, -0.15) is 0 Å². The predicted octanol–water partition coefficient (Wildman–Crippen LogP) is 3.23. The summed E-state index contributed by atoms with van der Waals surface area (Å²) in [6.45, 7) is 6.65.